The fraction of sp³-hybridized carbons (Fsp3) is 0.280. The first kappa shape index (κ1) is 23.0. The topological polar surface area (TPSA) is 108 Å². The first-order chi connectivity index (χ1) is 15.9. The van der Waals surface area contributed by atoms with Crippen LogP contribution in [0.15, 0.2) is 54.6 Å². The molecule has 0 saturated heterocycles. The van der Waals surface area contributed by atoms with Gasteiger partial charge in [-0.3, -0.25) is 9.59 Å². The Hall–Kier alpha value is -3.20. The Morgan fingerprint density at radius 3 is 2.55 bits per heavy atom. The molecule has 1 heterocycles. The van der Waals surface area contributed by atoms with Gasteiger partial charge in [0.2, 0.25) is 0 Å². The van der Waals surface area contributed by atoms with E-state index < -0.39 is 6.10 Å². The standard InChI is InChI=1S/C25H26N2O5S/c1-15-2-3-17(24(30)26-18-6-7-18)12-21(15)27-25(31)23-11-10-22(33-23)16-4-8-20(9-5-16)32-14-19(29)13-28/h2-5,8-12,18-19,28-29H,6-7,13-14H2,1H3,(H,26,30)(H,27,31). The Bertz CT molecular complexity index is 1140. The second-order valence-corrected chi connectivity index (χ2v) is 9.15. The second-order valence-electron chi connectivity index (χ2n) is 8.07. The molecule has 2 aromatic carbocycles. The van der Waals surface area contributed by atoms with Gasteiger partial charge >= 0.3 is 0 Å². The number of ether oxygens (including phenoxy) is 1. The number of rotatable bonds is 9. The third-order valence-corrected chi connectivity index (χ3v) is 6.42. The van der Waals surface area contributed by atoms with Crippen molar-refractivity contribution in [2.75, 3.05) is 18.5 Å². The number of thiophene rings is 1. The number of aliphatic hydroxyl groups excluding tert-OH is 2. The molecule has 8 heteroatoms. The lowest BCUT2D eigenvalue weighted by Crippen LogP contribution is -2.25. The summed E-state index contributed by atoms with van der Waals surface area (Å²) < 4.78 is 5.42. The van der Waals surface area contributed by atoms with E-state index in [0.29, 0.717) is 21.9 Å². The van der Waals surface area contributed by atoms with Gasteiger partial charge in [0.1, 0.15) is 18.5 Å². The van der Waals surface area contributed by atoms with E-state index in [1.165, 1.54) is 11.3 Å². The van der Waals surface area contributed by atoms with Crippen molar-refractivity contribution in [2.45, 2.75) is 31.9 Å². The SMILES string of the molecule is Cc1ccc(C(=O)NC2CC2)cc1NC(=O)c1ccc(-c2ccc(OCC(O)CO)cc2)s1. The Morgan fingerprint density at radius 2 is 1.85 bits per heavy atom. The highest BCUT2D eigenvalue weighted by Gasteiger charge is 2.24. The minimum absolute atomic E-state index is 0.0159. The molecule has 172 valence electrons. The van der Waals surface area contributed by atoms with Crippen molar-refractivity contribution in [3.8, 4) is 16.2 Å². The zero-order valence-corrected chi connectivity index (χ0v) is 19.0. The lowest BCUT2D eigenvalue weighted by molar-refractivity contribution is 0.0536. The van der Waals surface area contributed by atoms with E-state index in [2.05, 4.69) is 10.6 Å². The van der Waals surface area contributed by atoms with E-state index in [1.54, 1.807) is 30.3 Å². The zero-order valence-electron chi connectivity index (χ0n) is 18.2. The Morgan fingerprint density at radius 1 is 1.09 bits per heavy atom. The molecule has 1 aromatic heterocycles. The van der Waals surface area contributed by atoms with Crippen molar-refractivity contribution in [3.63, 3.8) is 0 Å². The lowest BCUT2D eigenvalue weighted by Gasteiger charge is -2.10. The van der Waals surface area contributed by atoms with Gasteiger partial charge in [0.15, 0.2) is 0 Å². The summed E-state index contributed by atoms with van der Waals surface area (Å²) in [4.78, 5) is 26.7. The molecule has 4 rings (SSSR count). The fourth-order valence-corrected chi connectivity index (χ4v) is 4.06. The minimum atomic E-state index is -0.917. The van der Waals surface area contributed by atoms with Gasteiger partial charge in [-0.1, -0.05) is 6.07 Å². The summed E-state index contributed by atoms with van der Waals surface area (Å²) in [6, 6.07) is 16.6. The van der Waals surface area contributed by atoms with Crippen LogP contribution < -0.4 is 15.4 Å². The fourth-order valence-electron chi connectivity index (χ4n) is 3.15. The predicted molar refractivity (Wildman–Crippen MR) is 128 cm³/mol. The molecule has 0 spiro atoms. The van der Waals surface area contributed by atoms with Crippen molar-refractivity contribution in [2.24, 2.45) is 0 Å². The molecular weight excluding hydrogens is 440 g/mol. The number of hydrogen-bond acceptors (Lipinski definition) is 6. The van der Waals surface area contributed by atoms with Crippen LogP contribution in [-0.2, 0) is 0 Å². The Balaban J connectivity index is 1.41. The van der Waals surface area contributed by atoms with Gasteiger partial charge < -0.3 is 25.6 Å². The molecule has 1 unspecified atom stereocenters. The van der Waals surface area contributed by atoms with Gasteiger partial charge in [-0.2, -0.15) is 0 Å². The summed E-state index contributed by atoms with van der Waals surface area (Å²) in [5.41, 5.74) is 2.96. The van der Waals surface area contributed by atoms with Gasteiger partial charge in [-0.25, -0.2) is 0 Å². The highest BCUT2D eigenvalue weighted by Crippen LogP contribution is 2.30. The maximum absolute atomic E-state index is 12.8. The van der Waals surface area contributed by atoms with Crippen LogP contribution in [0.1, 0.15) is 38.4 Å². The summed E-state index contributed by atoms with van der Waals surface area (Å²) in [7, 11) is 0. The van der Waals surface area contributed by atoms with Crippen molar-refractivity contribution in [3.05, 3.63) is 70.6 Å². The van der Waals surface area contributed by atoms with Gasteiger partial charge in [-0.15, -0.1) is 11.3 Å². The number of benzene rings is 2. The summed E-state index contributed by atoms with van der Waals surface area (Å²) >= 11 is 1.37. The smallest absolute Gasteiger partial charge is 0.265 e. The van der Waals surface area contributed by atoms with E-state index in [9.17, 15) is 14.7 Å². The summed E-state index contributed by atoms with van der Waals surface area (Å²) in [6.45, 7) is 1.55. The van der Waals surface area contributed by atoms with E-state index in [4.69, 9.17) is 9.84 Å². The molecule has 33 heavy (non-hydrogen) atoms. The normalized spacial score (nSPS) is 13.9. The van der Waals surface area contributed by atoms with Gasteiger partial charge in [0.05, 0.1) is 11.5 Å². The third-order valence-electron chi connectivity index (χ3n) is 5.28. The largest absolute Gasteiger partial charge is 0.491 e. The average Bonchev–Trinajstić information content (AvgIpc) is 3.50. The summed E-state index contributed by atoms with van der Waals surface area (Å²) in [5.74, 6) is 0.235. The molecule has 1 aliphatic carbocycles. The van der Waals surface area contributed by atoms with E-state index in [0.717, 1.165) is 28.8 Å². The van der Waals surface area contributed by atoms with E-state index >= 15 is 0 Å². The molecular formula is C25H26N2O5S. The first-order valence-electron chi connectivity index (χ1n) is 10.8. The molecule has 0 bridgehead atoms. The molecule has 0 radical (unpaired) electrons. The van der Waals surface area contributed by atoms with Crippen LogP contribution in [0.4, 0.5) is 5.69 Å². The van der Waals surface area contributed by atoms with Crippen LogP contribution >= 0.6 is 11.3 Å². The molecule has 2 amide bonds. The monoisotopic (exact) mass is 466 g/mol. The lowest BCUT2D eigenvalue weighted by atomic mass is 10.1. The molecule has 1 saturated carbocycles. The highest BCUT2D eigenvalue weighted by molar-refractivity contribution is 7.17. The van der Waals surface area contributed by atoms with Crippen molar-refractivity contribution >= 4 is 28.8 Å². The van der Waals surface area contributed by atoms with Crippen LogP contribution in [0, 0.1) is 6.92 Å². The van der Waals surface area contributed by atoms with Crippen molar-refractivity contribution in [1.29, 1.82) is 0 Å². The maximum atomic E-state index is 12.8. The number of hydrogen-bond donors (Lipinski definition) is 4. The number of aryl methyl sites for hydroxylation is 1. The van der Waals surface area contributed by atoms with Gasteiger partial charge in [0, 0.05) is 22.2 Å². The Labute approximate surface area is 196 Å². The molecule has 4 N–H and O–H groups in total. The predicted octanol–water partition coefficient (Wildman–Crippen LogP) is 3.60. The second kappa shape index (κ2) is 10.2. The number of nitrogens with one attached hydrogen (secondary N) is 2. The molecule has 1 fully saturated rings. The summed E-state index contributed by atoms with van der Waals surface area (Å²) in [5, 5.41) is 24.1. The molecule has 3 aromatic rings. The first-order valence-corrected chi connectivity index (χ1v) is 11.6. The number of anilines is 1. The van der Waals surface area contributed by atoms with Gasteiger partial charge in [0.25, 0.3) is 11.8 Å². The van der Waals surface area contributed by atoms with Crippen molar-refractivity contribution in [1.82, 2.24) is 5.32 Å². The van der Waals surface area contributed by atoms with Gasteiger partial charge in [-0.05, 0) is 79.4 Å². The van der Waals surface area contributed by atoms with Crippen LogP contribution in [0.5, 0.6) is 5.75 Å². The highest BCUT2D eigenvalue weighted by atomic mass is 32.1. The van der Waals surface area contributed by atoms with Crippen LogP contribution in [-0.4, -0.2) is 47.4 Å². The number of amides is 2. The molecule has 1 aliphatic rings. The quantitative estimate of drug-likeness (QED) is 0.385. The van der Waals surface area contributed by atoms with E-state index in [1.807, 2.05) is 31.2 Å². The molecule has 0 aliphatic heterocycles. The summed E-state index contributed by atoms with van der Waals surface area (Å²) in [6.07, 6.45) is 1.12. The van der Waals surface area contributed by atoms with Crippen LogP contribution in [0.2, 0.25) is 0 Å². The molecule has 7 nitrogen and oxygen atoms in total. The number of carbonyl (C=O) groups excluding carboxylic acids is 2. The number of carbonyl (C=O) groups is 2. The van der Waals surface area contributed by atoms with E-state index in [-0.39, 0.29) is 31.1 Å². The minimum Gasteiger partial charge on any atom is -0.491 e. The Kier molecular flexibility index (Phi) is 7.08. The number of aliphatic hydroxyl groups is 2. The van der Waals surface area contributed by atoms with Crippen LogP contribution in [0.25, 0.3) is 10.4 Å². The maximum Gasteiger partial charge on any atom is 0.265 e. The van der Waals surface area contributed by atoms with Crippen molar-refractivity contribution < 1.29 is 24.5 Å². The van der Waals surface area contributed by atoms with Crippen LogP contribution in [0.3, 0.4) is 0 Å². The average molecular weight is 467 g/mol. The zero-order chi connectivity index (χ0) is 23.4. The molecule has 1 atom stereocenters. The third kappa shape index (κ3) is 5.98.